The summed E-state index contributed by atoms with van der Waals surface area (Å²) in [6, 6.07) is 0. The van der Waals surface area contributed by atoms with E-state index in [1.54, 1.807) is 0 Å². The van der Waals surface area contributed by atoms with Gasteiger partial charge >= 0.3 is 51.4 Å². The largest absolute Gasteiger partial charge is 1.00 e. The van der Waals surface area contributed by atoms with Gasteiger partial charge in [0.1, 0.15) is 0 Å². The summed E-state index contributed by atoms with van der Waals surface area (Å²) in [5, 5.41) is 9.31. The second-order valence-corrected chi connectivity index (χ2v) is 10.5. The van der Waals surface area contributed by atoms with Crippen LogP contribution in [-0.2, 0) is 10.1 Å². The third kappa shape index (κ3) is 22.7. The Morgan fingerprint density at radius 1 is 0.600 bits per heavy atom. The van der Waals surface area contributed by atoms with Crippen LogP contribution >= 0.6 is 0 Å². The summed E-state index contributed by atoms with van der Waals surface area (Å²) in [7, 11) is -4.27. The van der Waals surface area contributed by atoms with Crippen molar-refractivity contribution >= 4 is 10.1 Å². The minimum Gasteiger partial charge on any atom is -0.748 e. The zero-order valence-corrected chi connectivity index (χ0v) is 24.3. The SMILES string of the molecule is CCCCCCCCCCCC(CCC(O)CCCCCCCCC)S(=O)(=O)[O-].[K+]. The molecule has 0 aromatic carbocycles. The number of hydrogen-bond donors (Lipinski definition) is 1. The predicted octanol–water partition coefficient (Wildman–Crippen LogP) is 4.11. The summed E-state index contributed by atoms with van der Waals surface area (Å²) in [6.45, 7) is 4.43. The Kier molecular flexibility index (Phi) is 26.6. The van der Waals surface area contributed by atoms with Crippen molar-refractivity contribution in [2.45, 2.75) is 154 Å². The van der Waals surface area contributed by atoms with Gasteiger partial charge in [-0.05, 0) is 25.7 Å². The van der Waals surface area contributed by atoms with E-state index < -0.39 is 21.5 Å². The second kappa shape index (κ2) is 23.7. The Hall–Kier alpha value is 1.51. The quantitative estimate of drug-likeness (QED) is 0.146. The molecule has 0 rings (SSSR count). The first-order valence-electron chi connectivity index (χ1n) is 12.5. The van der Waals surface area contributed by atoms with E-state index in [1.165, 1.54) is 70.6 Å². The molecule has 0 heterocycles. The van der Waals surface area contributed by atoms with Gasteiger partial charge in [0, 0.05) is 5.25 Å². The minimum absolute atomic E-state index is 0. The molecule has 0 fully saturated rings. The van der Waals surface area contributed by atoms with Crippen molar-refractivity contribution < 1.29 is 69.5 Å². The van der Waals surface area contributed by atoms with Crippen molar-refractivity contribution in [2.75, 3.05) is 0 Å². The number of aliphatic hydroxyl groups is 1. The van der Waals surface area contributed by atoms with Crippen LogP contribution < -0.4 is 51.4 Å². The van der Waals surface area contributed by atoms with Gasteiger partial charge in [-0.3, -0.25) is 0 Å². The van der Waals surface area contributed by atoms with Crippen LogP contribution in [0.4, 0.5) is 0 Å². The van der Waals surface area contributed by atoms with Gasteiger partial charge < -0.3 is 9.66 Å². The van der Waals surface area contributed by atoms with E-state index in [9.17, 15) is 18.1 Å². The summed E-state index contributed by atoms with van der Waals surface area (Å²) in [5.41, 5.74) is 0. The Morgan fingerprint density at radius 3 is 1.37 bits per heavy atom. The van der Waals surface area contributed by atoms with Crippen LogP contribution in [0.2, 0.25) is 0 Å². The fraction of sp³-hybridized carbons (Fsp3) is 1.00. The topological polar surface area (TPSA) is 77.4 Å². The molecular weight excluding hydrogens is 423 g/mol. The van der Waals surface area contributed by atoms with Crippen LogP contribution in [-0.4, -0.2) is 29.4 Å². The monoisotopic (exact) mass is 472 g/mol. The first kappa shape index (κ1) is 33.7. The number of hydrogen-bond acceptors (Lipinski definition) is 4. The molecule has 0 saturated heterocycles. The number of aliphatic hydroxyl groups excluding tert-OH is 1. The molecule has 0 aromatic rings. The van der Waals surface area contributed by atoms with Crippen molar-refractivity contribution in [3.8, 4) is 0 Å². The molecule has 0 aliphatic carbocycles. The third-order valence-corrected chi connectivity index (χ3v) is 7.29. The molecule has 0 amide bonds. The van der Waals surface area contributed by atoms with Crippen LogP contribution in [0.25, 0.3) is 0 Å². The van der Waals surface area contributed by atoms with Gasteiger partial charge in [-0.1, -0.05) is 117 Å². The number of unbranched alkanes of at least 4 members (excludes halogenated alkanes) is 14. The number of rotatable bonds is 22. The van der Waals surface area contributed by atoms with Crippen molar-refractivity contribution in [3.05, 3.63) is 0 Å². The first-order chi connectivity index (χ1) is 13.9. The van der Waals surface area contributed by atoms with Gasteiger partial charge in [0.25, 0.3) is 0 Å². The molecule has 0 aliphatic heterocycles. The maximum atomic E-state index is 11.6. The Balaban J connectivity index is 0. The van der Waals surface area contributed by atoms with Crippen LogP contribution in [0.15, 0.2) is 0 Å². The molecule has 4 nitrogen and oxygen atoms in total. The predicted molar refractivity (Wildman–Crippen MR) is 123 cm³/mol. The Bertz CT molecular complexity index is 442. The fourth-order valence-corrected chi connectivity index (χ4v) is 4.86. The van der Waals surface area contributed by atoms with Crippen molar-refractivity contribution in [3.63, 3.8) is 0 Å². The second-order valence-electron chi connectivity index (χ2n) is 8.87. The van der Waals surface area contributed by atoms with Crippen molar-refractivity contribution in [1.82, 2.24) is 0 Å². The maximum absolute atomic E-state index is 11.6. The summed E-state index contributed by atoms with van der Waals surface area (Å²) in [4.78, 5) is 0. The van der Waals surface area contributed by atoms with Crippen LogP contribution in [0.3, 0.4) is 0 Å². The smallest absolute Gasteiger partial charge is 0.748 e. The normalized spacial score (nSPS) is 13.7. The Labute approximate surface area is 230 Å². The molecule has 2 atom stereocenters. The molecule has 1 N–H and O–H groups in total. The first-order valence-corrected chi connectivity index (χ1v) is 14.0. The molecule has 0 aliphatic rings. The molecule has 0 spiro atoms. The van der Waals surface area contributed by atoms with Crippen LogP contribution in [0, 0.1) is 0 Å². The fourth-order valence-electron chi connectivity index (χ4n) is 3.98. The van der Waals surface area contributed by atoms with Crippen LogP contribution in [0.5, 0.6) is 0 Å². The van der Waals surface area contributed by atoms with Gasteiger partial charge in [0.2, 0.25) is 0 Å². The van der Waals surface area contributed by atoms with E-state index in [0.717, 1.165) is 38.5 Å². The average Bonchev–Trinajstić information content (AvgIpc) is 2.67. The molecule has 0 saturated carbocycles. The van der Waals surface area contributed by atoms with E-state index >= 15 is 0 Å². The van der Waals surface area contributed by atoms with Gasteiger partial charge in [0.15, 0.2) is 0 Å². The van der Waals surface area contributed by atoms with E-state index in [1.807, 2.05) is 0 Å². The molecule has 0 bridgehead atoms. The van der Waals surface area contributed by atoms with Gasteiger partial charge in [-0.25, -0.2) is 8.42 Å². The summed E-state index contributed by atoms with van der Waals surface area (Å²) in [6.07, 6.45) is 20.4. The molecule has 2 unspecified atom stereocenters. The third-order valence-electron chi connectivity index (χ3n) is 6.00. The van der Waals surface area contributed by atoms with Crippen molar-refractivity contribution in [2.24, 2.45) is 0 Å². The van der Waals surface area contributed by atoms with E-state index in [2.05, 4.69) is 13.8 Å². The molecule has 0 aromatic heterocycles. The zero-order valence-electron chi connectivity index (χ0n) is 20.4. The van der Waals surface area contributed by atoms with E-state index in [0.29, 0.717) is 19.3 Å². The average molecular weight is 473 g/mol. The molecule has 6 heteroatoms. The summed E-state index contributed by atoms with van der Waals surface area (Å²) < 4.78 is 34.7. The van der Waals surface area contributed by atoms with Gasteiger partial charge in [-0.2, -0.15) is 0 Å². The maximum Gasteiger partial charge on any atom is 1.00 e. The molecular formula is C24H49KO4S. The zero-order chi connectivity index (χ0) is 21.8. The summed E-state index contributed by atoms with van der Waals surface area (Å²) in [5.74, 6) is 0. The standard InChI is InChI=1S/C24H50O4S.K/c1-3-5-7-9-11-12-14-16-18-20-24(29(26,27)28)22-21-23(25)19-17-15-13-10-8-6-4-2;/h23-25H,3-22H2,1-2H3,(H,26,27,28);/q;+1/p-1. The van der Waals surface area contributed by atoms with Crippen molar-refractivity contribution in [1.29, 1.82) is 0 Å². The molecule has 0 radical (unpaired) electrons. The van der Waals surface area contributed by atoms with Gasteiger partial charge in [0.05, 0.1) is 16.2 Å². The summed E-state index contributed by atoms with van der Waals surface area (Å²) >= 11 is 0. The minimum atomic E-state index is -4.27. The van der Waals surface area contributed by atoms with E-state index in [4.69, 9.17) is 0 Å². The van der Waals surface area contributed by atoms with Gasteiger partial charge in [-0.15, -0.1) is 0 Å². The molecule has 30 heavy (non-hydrogen) atoms. The Morgan fingerprint density at radius 2 is 0.967 bits per heavy atom. The van der Waals surface area contributed by atoms with E-state index in [-0.39, 0.29) is 51.4 Å². The molecule has 176 valence electrons. The van der Waals surface area contributed by atoms with Crippen LogP contribution in [0.1, 0.15) is 142 Å².